The topological polar surface area (TPSA) is 54.5 Å². The lowest BCUT2D eigenvalue weighted by Crippen LogP contribution is -2.39. The molecular formula is C14H14ClF3INO3S. The standard InChI is InChI=1S/C14H14ClF3INO3S/c1-8-3-2-4-20(7-8)13(21)9-5-10(14(16,17)18)12(19)11(6-9)24(15,22)23/h5-6,8H,2-4,7H2,1H3/t8-/m0/s1. The summed E-state index contributed by atoms with van der Waals surface area (Å²) in [5.74, 6) is -0.380. The summed E-state index contributed by atoms with van der Waals surface area (Å²) >= 11 is 1.28. The molecule has 0 spiro atoms. The lowest BCUT2D eigenvalue weighted by atomic mass is 9.99. The fourth-order valence-electron chi connectivity index (χ4n) is 2.66. The molecule has 1 aliphatic heterocycles. The minimum Gasteiger partial charge on any atom is -0.338 e. The first-order chi connectivity index (χ1) is 10.9. The highest BCUT2D eigenvalue weighted by Crippen LogP contribution is 2.37. The fourth-order valence-corrected chi connectivity index (χ4v) is 5.50. The summed E-state index contributed by atoms with van der Waals surface area (Å²) in [5.41, 5.74) is -1.51. The van der Waals surface area contributed by atoms with Crippen LogP contribution in [0.4, 0.5) is 13.2 Å². The van der Waals surface area contributed by atoms with Gasteiger partial charge in [-0.2, -0.15) is 13.2 Å². The minimum absolute atomic E-state index is 0.241. The fraction of sp³-hybridized carbons (Fsp3) is 0.500. The molecule has 0 aromatic heterocycles. The molecule has 134 valence electrons. The maximum Gasteiger partial charge on any atom is 0.417 e. The molecule has 0 N–H and O–H groups in total. The summed E-state index contributed by atoms with van der Waals surface area (Å²) in [6.07, 6.45) is -3.10. The number of likely N-dealkylation sites (tertiary alicyclic amines) is 1. The lowest BCUT2D eigenvalue weighted by molar-refractivity contribution is -0.138. The van der Waals surface area contributed by atoms with E-state index in [4.69, 9.17) is 10.7 Å². The zero-order valence-electron chi connectivity index (χ0n) is 12.5. The van der Waals surface area contributed by atoms with E-state index in [1.165, 1.54) is 27.5 Å². The third-order valence-corrected chi connectivity index (χ3v) is 6.67. The Morgan fingerprint density at radius 1 is 1.38 bits per heavy atom. The normalized spacial score (nSPS) is 19.4. The molecule has 1 fully saturated rings. The van der Waals surface area contributed by atoms with Gasteiger partial charge in [0.1, 0.15) is 0 Å². The first kappa shape index (κ1) is 19.8. The van der Waals surface area contributed by atoms with E-state index >= 15 is 0 Å². The number of nitrogens with zero attached hydrogens (tertiary/aromatic N) is 1. The van der Waals surface area contributed by atoms with Crippen molar-refractivity contribution in [2.45, 2.75) is 30.8 Å². The van der Waals surface area contributed by atoms with Crippen molar-refractivity contribution in [3.8, 4) is 0 Å². The van der Waals surface area contributed by atoms with Gasteiger partial charge in [-0.15, -0.1) is 0 Å². The van der Waals surface area contributed by atoms with Crippen LogP contribution in [0.25, 0.3) is 0 Å². The molecule has 2 rings (SSSR count). The number of rotatable bonds is 2. The van der Waals surface area contributed by atoms with Crippen LogP contribution in [-0.4, -0.2) is 32.3 Å². The molecule has 0 bridgehead atoms. The highest BCUT2D eigenvalue weighted by molar-refractivity contribution is 14.1. The third kappa shape index (κ3) is 4.34. The summed E-state index contributed by atoms with van der Waals surface area (Å²) < 4.78 is 62.3. The van der Waals surface area contributed by atoms with Gasteiger partial charge in [0.15, 0.2) is 0 Å². The van der Waals surface area contributed by atoms with Gasteiger partial charge in [0.05, 0.1) is 10.5 Å². The van der Waals surface area contributed by atoms with E-state index in [-0.39, 0.29) is 11.5 Å². The first-order valence-corrected chi connectivity index (χ1v) is 10.4. The smallest absolute Gasteiger partial charge is 0.338 e. The minimum atomic E-state index is -4.79. The molecule has 0 unspecified atom stereocenters. The van der Waals surface area contributed by atoms with Gasteiger partial charge in [-0.1, -0.05) is 6.92 Å². The predicted molar refractivity (Wildman–Crippen MR) is 91.5 cm³/mol. The molecule has 0 aliphatic carbocycles. The van der Waals surface area contributed by atoms with Crippen molar-refractivity contribution in [2.24, 2.45) is 5.92 Å². The largest absolute Gasteiger partial charge is 0.417 e. The zero-order chi connectivity index (χ0) is 18.3. The van der Waals surface area contributed by atoms with Gasteiger partial charge in [-0.3, -0.25) is 4.79 Å². The van der Waals surface area contributed by atoms with Crippen molar-refractivity contribution in [3.63, 3.8) is 0 Å². The third-order valence-electron chi connectivity index (χ3n) is 3.80. The quantitative estimate of drug-likeness (QED) is 0.458. The number of benzene rings is 1. The van der Waals surface area contributed by atoms with Gasteiger partial charge < -0.3 is 4.90 Å². The van der Waals surface area contributed by atoms with Crippen LogP contribution in [0.1, 0.15) is 35.7 Å². The van der Waals surface area contributed by atoms with Gasteiger partial charge in [-0.25, -0.2) is 8.42 Å². The second-order valence-corrected chi connectivity index (χ2v) is 9.38. The number of carbonyl (C=O) groups is 1. The van der Waals surface area contributed by atoms with E-state index in [0.717, 1.165) is 18.9 Å². The second kappa shape index (κ2) is 6.99. The highest BCUT2D eigenvalue weighted by atomic mass is 127. The van der Waals surface area contributed by atoms with Crippen LogP contribution in [0.15, 0.2) is 17.0 Å². The van der Waals surface area contributed by atoms with Crippen molar-refractivity contribution in [1.82, 2.24) is 4.90 Å². The molecule has 1 aliphatic rings. The van der Waals surface area contributed by atoms with E-state index in [2.05, 4.69) is 0 Å². The summed E-state index contributed by atoms with van der Waals surface area (Å²) in [4.78, 5) is 13.3. The van der Waals surface area contributed by atoms with Crippen LogP contribution in [0.5, 0.6) is 0 Å². The Kier molecular flexibility index (Phi) is 5.76. The monoisotopic (exact) mass is 495 g/mol. The molecule has 0 radical (unpaired) electrons. The van der Waals surface area contributed by atoms with Gasteiger partial charge in [0, 0.05) is 32.9 Å². The van der Waals surface area contributed by atoms with Crippen molar-refractivity contribution in [1.29, 1.82) is 0 Å². The van der Waals surface area contributed by atoms with E-state index < -0.39 is 35.2 Å². The molecule has 1 aromatic rings. The summed E-state index contributed by atoms with van der Waals surface area (Å²) in [6, 6.07) is 1.61. The van der Waals surface area contributed by atoms with E-state index in [1.54, 1.807) is 0 Å². The summed E-state index contributed by atoms with van der Waals surface area (Å²) in [7, 11) is 0.827. The molecular weight excluding hydrogens is 482 g/mol. The van der Waals surface area contributed by atoms with Crippen LogP contribution in [0, 0.1) is 9.49 Å². The lowest BCUT2D eigenvalue weighted by Gasteiger charge is -2.31. The molecule has 1 amide bonds. The number of hydrogen-bond acceptors (Lipinski definition) is 3. The Bertz CT molecular complexity index is 767. The summed E-state index contributed by atoms with van der Waals surface area (Å²) in [6.45, 7) is 2.80. The van der Waals surface area contributed by atoms with Crippen LogP contribution in [-0.2, 0) is 15.2 Å². The molecule has 24 heavy (non-hydrogen) atoms. The number of halogens is 5. The second-order valence-electron chi connectivity index (χ2n) is 5.77. The first-order valence-electron chi connectivity index (χ1n) is 7.06. The number of alkyl halides is 3. The molecule has 1 saturated heterocycles. The van der Waals surface area contributed by atoms with Crippen LogP contribution < -0.4 is 0 Å². The molecule has 10 heteroatoms. The summed E-state index contributed by atoms with van der Waals surface area (Å²) in [5, 5.41) is 0. The molecule has 1 heterocycles. The average molecular weight is 496 g/mol. The Morgan fingerprint density at radius 3 is 2.50 bits per heavy atom. The SMILES string of the molecule is C[C@H]1CCCN(C(=O)c2cc(C(F)(F)F)c(I)c(S(=O)(=O)Cl)c2)C1. The zero-order valence-corrected chi connectivity index (χ0v) is 16.3. The van der Waals surface area contributed by atoms with Crippen LogP contribution in [0.2, 0.25) is 0 Å². The molecule has 4 nitrogen and oxygen atoms in total. The van der Waals surface area contributed by atoms with Gasteiger partial charge in [0.25, 0.3) is 15.0 Å². The van der Waals surface area contributed by atoms with Crippen molar-refractivity contribution < 1.29 is 26.4 Å². The maximum absolute atomic E-state index is 13.2. The van der Waals surface area contributed by atoms with Crippen molar-refractivity contribution in [3.05, 3.63) is 26.8 Å². The van der Waals surface area contributed by atoms with Crippen molar-refractivity contribution >= 4 is 48.2 Å². The predicted octanol–water partition coefficient (Wildman–Crippen LogP) is 4.11. The van der Waals surface area contributed by atoms with Gasteiger partial charge in [0.2, 0.25) is 0 Å². The van der Waals surface area contributed by atoms with Crippen LogP contribution in [0.3, 0.4) is 0 Å². The number of piperidine rings is 1. The average Bonchev–Trinajstić information content (AvgIpc) is 2.44. The Balaban J connectivity index is 2.56. The Labute approximate surface area is 155 Å². The number of hydrogen-bond donors (Lipinski definition) is 0. The van der Waals surface area contributed by atoms with Crippen molar-refractivity contribution in [2.75, 3.05) is 13.1 Å². The van der Waals surface area contributed by atoms with Gasteiger partial charge >= 0.3 is 6.18 Å². The molecule has 1 atom stereocenters. The molecule has 0 saturated carbocycles. The number of carbonyl (C=O) groups excluding carboxylic acids is 1. The van der Waals surface area contributed by atoms with E-state index in [0.29, 0.717) is 19.2 Å². The highest BCUT2D eigenvalue weighted by Gasteiger charge is 2.37. The van der Waals surface area contributed by atoms with Crippen LogP contribution >= 0.6 is 33.3 Å². The van der Waals surface area contributed by atoms with E-state index in [9.17, 15) is 26.4 Å². The van der Waals surface area contributed by atoms with Gasteiger partial charge in [-0.05, 0) is 53.5 Å². The Morgan fingerprint density at radius 2 is 2.00 bits per heavy atom. The molecule has 1 aromatic carbocycles. The van der Waals surface area contributed by atoms with E-state index in [1.807, 2.05) is 6.92 Å². The number of amides is 1. The maximum atomic E-state index is 13.2. The Hall–Kier alpha value is -0.550.